The molecule has 0 saturated heterocycles. The molecule has 4 heteroatoms. The minimum Gasteiger partial charge on any atom is -0.372 e. The Morgan fingerprint density at radius 3 is 1.88 bits per heavy atom. The van der Waals surface area contributed by atoms with Crippen molar-refractivity contribution in [3.05, 3.63) is 0 Å². The average Bonchev–Trinajstić information content (AvgIpc) is 2.13. The molecule has 0 amide bonds. The third-order valence-corrected chi connectivity index (χ3v) is 4.55. The molecule has 0 radical (unpaired) electrons. The summed E-state index contributed by atoms with van der Waals surface area (Å²) in [7, 11) is -1.65. The van der Waals surface area contributed by atoms with Gasteiger partial charge in [0.05, 0.1) is 12.2 Å². The minimum absolute atomic E-state index is 0.143. The normalized spacial score (nSPS) is 16.2. The second-order valence-electron chi connectivity index (χ2n) is 6.41. The van der Waals surface area contributed by atoms with Gasteiger partial charge in [-0.15, -0.1) is 4.52 Å². The van der Waals surface area contributed by atoms with Crippen LogP contribution in [0.3, 0.4) is 0 Å². The van der Waals surface area contributed by atoms with Crippen molar-refractivity contribution < 1.29 is 13.8 Å². The Bertz CT molecular complexity index is 254. The van der Waals surface area contributed by atoms with Crippen molar-refractivity contribution >= 4 is 8.03 Å². The van der Waals surface area contributed by atoms with E-state index in [4.69, 9.17) is 9.26 Å². The van der Waals surface area contributed by atoms with Gasteiger partial charge in [0.25, 0.3) is 0 Å². The molecule has 0 aromatic carbocycles. The number of rotatable bonds is 6. The molecule has 2 atom stereocenters. The van der Waals surface area contributed by atoms with Gasteiger partial charge < -0.3 is 4.74 Å². The molecular formula is C13H28O3P+. The highest BCUT2D eigenvalue weighted by atomic mass is 31.1. The van der Waals surface area contributed by atoms with Gasteiger partial charge >= 0.3 is 8.03 Å². The number of hydrogen-bond donors (Lipinski definition) is 0. The predicted octanol–water partition coefficient (Wildman–Crippen LogP) is 4.38. The summed E-state index contributed by atoms with van der Waals surface area (Å²) in [5, 5.41) is -0.308. The molecule has 0 bridgehead atoms. The van der Waals surface area contributed by atoms with Gasteiger partial charge in [0.2, 0.25) is 0 Å². The molecule has 3 nitrogen and oxygen atoms in total. The van der Waals surface area contributed by atoms with Crippen molar-refractivity contribution in [2.45, 2.75) is 72.3 Å². The van der Waals surface area contributed by atoms with Crippen molar-refractivity contribution in [3.63, 3.8) is 0 Å². The second-order valence-corrected chi connectivity index (χ2v) is 8.48. The molecule has 0 N–H and O–H groups in total. The van der Waals surface area contributed by atoms with Crippen molar-refractivity contribution in [1.29, 1.82) is 0 Å². The maximum absolute atomic E-state index is 11.8. The SMILES string of the molecule is CC(COC(C)(C)C(C)C)O[P+](=O)C(C)(C)C. The quantitative estimate of drug-likeness (QED) is 0.667. The molecule has 0 heterocycles. The molecule has 0 aromatic rings. The lowest BCUT2D eigenvalue weighted by Crippen LogP contribution is -2.34. The summed E-state index contributed by atoms with van der Waals surface area (Å²) in [6.45, 7) is 16.5. The zero-order valence-electron chi connectivity index (χ0n) is 12.5. The monoisotopic (exact) mass is 263 g/mol. The fourth-order valence-electron chi connectivity index (χ4n) is 0.851. The first kappa shape index (κ1) is 17.0. The lowest BCUT2D eigenvalue weighted by Gasteiger charge is -2.30. The third-order valence-electron chi connectivity index (χ3n) is 2.90. The third kappa shape index (κ3) is 6.49. The smallest absolute Gasteiger partial charge is 0.372 e. The largest absolute Gasteiger partial charge is 0.513 e. The Kier molecular flexibility index (Phi) is 6.27. The van der Waals surface area contributed by atoms with Gasteiger partial charge in [-0.05, 0) is 52.0 Å². The van der Waals surface area contributed by atoms with Gasteiger partial charge in [-0.2, -0.15) is 0 Å². The summed E-state index contributed by atoms with van der Waals surface area (Å²) in [5.74, 6) is 0.436. The molecular weight excluding hydrogens is 235 g/mol. The predicted molar refractivity (Wildman–Crippen MR) is 72.8 cm³/mol. The minimum atomic E-state index is -1.65. The van der Waals surface area contributed by atoms with E-state index in [1.54, 1.807) is 0 Å². The van der Waals surface area contributed by atoms with E-state index in [0.29, 0.717) is 12.5 Å². The van der Waals surface area contributed by atoms with E-state index in [0.717, 1.165) is 0 Å². The van der Waals surface area contributed by atoms with Gasteiger partial charge in [0, 0.05) is 0 Å². The molecule has 0 aliphatic carbocycles. The standard InChI is InChI=1S/C13H28O3P/c1-10(2)13(7,8)15-9-11(3)16-17(14)12(4,5)6/h10-11H,9H2,1-8H3/q+1. The molecule has 0 aliphatic heterocycles. The van der Waals surface area contributed by atoms with Gasteiger partial charge in [0.1, 0.15) is 6.10 Å². The second kappa shape index (κ2) is 6.26. The van der Waals surface area contributed by atoms with Crippen molar-refractivity contribution in [1.82, 2.24) is 0 Å². The van der Waals surface area contributed by atoms with Crippen LogP contribution in [0.5, 0.6) is 0 Å². The van der Waals surface area contributed by atoms with Gasteiger partial charge in [-0.3, -0.25) is 0 Å². The summed E-state index contributed by atoms with van der Waals surface area (Å²) in [4.78, 5) is 0. The van der Waals surface area contributed by atoms with Gasteiger partial charge in [-0.1, -0.05) is 13.8 Å². The van der Waals surface area contributed by atoms with Crippen LogP contribution in [-0.4, -0.2) is 23.5 Å². The topological polar surface area (TPSA) is 35.5 Å². The maximum atomic E-state index is 11.8. The Labute approximate surface area is 107 Å². The molecule has 0 aliphatic rings. The lowest BCUT2D eigenvalue weighted by molar-refractivity contribution is -0.0744. The van der Waals surface area contributed by atoms with E-state index < -0.39 is 8.03 Å². The summed E-state index contributed by atoms with van der Waals surface area (Å²) in [6.07, 6.45) is -0.143. The highest BCUT2D eigenvalue weighted by Gasteiger charge is 2.39. The average molecular weight is 263 g/mol. The summed E-state index contributed by atoms with van der Waals surface area (Å²) >= 11 is 0. The van der Waals surface area contributed by atoms with Crippen molar-refractivity contribution in [2.75, 3.05) is 6.61 Å². The van der Waals surface area contributed by atoms with E-state index in [9.17, 15) is 4.57 Å². The van der Waals surface area contributed by atoms with Crippen LogP contribution in [-0.2, 0) is 13.8 Å². The van der Waals surface area contributed by atoms with Crippen LogP contribution in [0.25, 0.3) is 0 Å². The molecule has 17 heavy (non-hydrogen) atoms. The van der Waals surface area contributed by atoms with E-state index in [1.807, 2.05) is 27.7 Å². The molecule has 0 aromatic heterocycles. The molecule has 0 rings (SSSR count). The van der Waals surface area contributed by atoms with Crippen molar-refractivity contribution in [2.24, 2.45) is 5.92 Å². The highest BCUT2D eigenvalue weighted by molar-refractivity contribution is 7.41. The van der Waals surface area contributed by atoms with Crippen LogP contribution >= 0.6 is 8.03 Å². The Balaban J connectivity index is 4.13. The fourth-order valence-corrected chi connectivity index (χ4v) is 1.55. The summed E-state index contributed by atoms with van der Waals surface area (Å²) in [5.41, 5.74) is -0.176. The summed E-state index contributed by atoms with van der Waals surface area (Å²) < 4.78 is 23.1. The maximum Gasteiger partial charge on any atom is 0.513 e. The Morgan fingerprint density at radius 1 is 1.06 bits per heavy atom. The Hall–Kier alpha value is 0.0200. The molecule has 0 saturated carbocycles. The molecule has 2 unspecified atom stereocenters. The number of hydrogen-bond acceptors (Lipinski definition) is 3. The molecule has 102 valence electrons. The first-order valence-corrected chi connectivity index (χ1v) is 7.42. The van der Waals surface area contributed by atoms with E-state index in [1.165, 1.54) is 0 Å². The van der Waals surface area contributed by atoms with Crippen LogP contribution in [0.1, 0.15) is 55.4 Å². The van der Waals surface area contributed by atoms with Gasteiger partial charge in [0.15, 0.2) is 5.16 Å². The molecule has 0 spiro atoms. The van der Waals surface area contributed by atoms with Crippen LogP contribution in [0, 0.1) is 5.92 Å². The highest BCUT2D eigenvalue weighted by Crippen LogP contribution is 2.40. The summed E-state index contributed by atoms with van der Waals surface area (Å²) in [6, 6.07) is 0. The zero-order chi connectivity index (χ0) is 13.9. The van der Waals surface area contributed by atoms with E-state index in [-0.39, 0.29) is 16.9 Å². The Morgan fingerprint density at radius 2 is 1.53 bits per heavy atom. The first-order chi connectivity index (χ1) is 7.47. The van der Waals surface area contributed by atoms with Crippen LogP contribution in [0.15, 0.2) is 0 Å². The van der Waals surface area contributed by atoms with Crippen LogP contribution < -0.4 is 0 Å². The van der Waals surface area contributed by atoms with Crippen molar-refractivity contribution in [3.8, 4) is 0 Å². The van der Waals surface area contributed by atoms with Crippen LogP contribution in [0.2, 0.25) is 0 Å². The van der Waals surface area contributed by atoms with E-state index >= 15 is 0 Å². The van der Waals surface area contributed by atoms with E-state index in [2.05, 4.69) is 27.7 Å². The first-order valence-electron chi connectivity index (χ1n) is 6.25. The molecule has 0 fully saturated rings. The zero-order valence-corrected chi connectivity index (χ0v) is 13.4. The van der Waals surface area contributed by atoms with Gasteiger partial charge in [-0.25, -0.2) is 0 Å². The fraction of sp³-hybridized carbons (Fsp3) is 1.00. The van der Waals surface area contributed by atoms with Crippen LogP contribution in [0.4, 0.5) is 0 Å². The number of ether oxygens (including phenoxy) is 1. The lowest BCUT2D eigenvalue weighted by atomic mass is 9.95.